The summed E-state index contributed by atoms with van der Waals surface area (Å²) in [4.78, 5) is 23.5. The molecule has 0 spiro atoms. The normalized spacial score (nSPS) is 21.3. The minimum absolute atomic E-state index is 0.0683. The van der Waals surface area contributed by atoms with E-state index in [2.05, 4.69) is 30.4 Å². The van der Waals surface area contributed by atoms with Gasteiger partial charge < -0.3 is 5.32 Å². The van der Waals surface area contributed by atoms with Crippen LogP contribution in [0.3, 0.4) is 0 Å². The number of rotatable bonds is 6. The van der Waals surface area contributed by atoms with Crippen molar-refractivity contribution in [1.29, 1.82) is 0 Å². The van der Waals surface area contributed by atoms with Crippen LogP contribution in [0.4, 0.5) is 0 Å². The molecule has 0 radical (unpaired) electrons. The molecule has 2 aliphatic rings. The van der Waals surface area contributed by atoms with Crippen LogP contribution in [-0.2, 0) is 11.2 Å². The molecular formula is C19H26N6O. The Hall–Kier alpha value is -2.28. The molecule has 2 fully saturated rings. The first-order valence-corrected chi connectivity index (χ1v) is 9.66. The highest BCUT2D eigenvalue weighted by Crippen LogP contribution is 2.30. The zero-order valence-electron chi connectivity index (χ0n) is 15.0. The third kappa shape index (κ3) is 3.77. The van der Waals surface area contributed by atoms with E-state index in [1.54, 1.807) is 12.4 Å². The molecule has 2 N–H and O–H groups in total. The highest BCUT2D eigenvalue weighted by molar-refractivity contribution is 5.82. The zero-order chi connectivity index (χ0) is 17.8. The fraction of sp³-hybridized carbons (Fsp3) is 0.579. The van der Waals surface area contributed by atoms with Crippen molar-refractivity contribution >= 4 is 5.91 Å². The number of amides is 1. The van der Waals surface area contributed by atoms with Gasteiger partial charge in [-0.25, -0.2) is 4.98 Å². The summed E-state index contributed by atoms with van der Waals surface area (Å²) in [6.07, 6.45) is 11.6. The van der Waals surface area contributed by atoms with Gasteiger partial charge in [-0.05, 0) is 31.4 Å². The number of pyridine rings is 1. The van der Waals surface area contributed by atoms with Gasteiger partial charge in [0.15, 0.2) is 5.82 Å². The number of H-pyrrole nitrogens is 1. The van der Waals surface area contributed by atoms with E-state index in [0.29, 0.717) is 24.8 Å². The van der Waals surface area contributed by atoms with Crippen molar-refractivity contribution in [3.8, 4) is 11.4 Å². The first-order chi connectivity index (χ1) is 12.8. The fourth-order valence-electron chi connectivity index (χ4n) is 3.99. The van der Waals surface area contributed by atoms with Crippen LogP contribution in [0.1, 0.15) is 44.3 Å². The number of hydrogen-bond donors (Lipinski definition) is 2. The maximum atomic E-state index is 12.5. The Labute approximate surface area is 153 Å². The average Bonchev–Trinajstić information content (AvgIpc) is 3.11. The summed E-state index contributed by atoms with van der Waals surface area (Å²) in [6.45, 7) is 1.65. The highest BCUT2D eigenvalue weighted by atomic mass is 16.2. The first-order valence-electron chi connectivity index (χ1n) is 9.66. The van der Waals surface area contributed by atoms with Crippen molar-refractivity contribution in [2.24, 2.45) is 0 Å². The SMILES string of the molecule is O=C(NCCc1nc(-c2cccnc2)n[nH]1)[C@H]1CCN1C1CCCCC1. The predicted molar refractivity (Wildman–Crippen MR) is 98.3 cm³/mol. The number of carbonyl (C=O) groups is 1. The van der Waals surface area contributed by atoms with Gasteiger partial charge in [0.05, 0.1) is 6.04 Å². The third-order valence-electron chi connectivity index (χ3n) is 5.52. The molecule has 4 rings (SSSR count). The average molecular weight is 354 g/mol. The molecule has 1 saturated heterocycles. The summed E-state index contributed by atoms with van der Waals surface area (Å²) in [5.74, 6) is 1.58. The third-order valence-corrected chi connectivity index (χ3v) is 5.52. The molecule has 3 heterocycles. The van der Waals surface area contributed by atoms with Crippen LogP contribution < -0.4 is 5.32 Å². The standard InChI is InChI=1S/C19H26N6O/c26-19(16-9-12-25(16)15-6-2-1-3-7-15)21-11-8-17-22-18(24-23-17)14-5-4-10-20-13-14/h4-5,10,13,15-16H,1-3,6-9,11-12H2,(H,21,26)(H,22,23,24)/t16-/m1/s1. The van der Waals surface area contributed by atoms with Crippen LogP contribution >= 0.6 is 0 Å². The molecule has 1 amide bonds. The van der Waals surface area contributed by atoms with E-state index in [9.17, 15) is 4.79 Å². The molecule has 0 bridgehead atoms. The zero-order valence-corrected chi connectivity index (χ0v) is 15.0. The lowest BCUT2D eigenvalue weighted by atomic mass is 9.89. The number of nitrogens with one attached hydrogen (secondary N) is 2. The van der Waals surface area contributed by atoms with Gasteiger partial charge in [-0.2, -0.15) is 5.10 Å². The topological polar surface area (TPSA) is 86.8 Å². The molecule has 2 aromatic heterocycles. The van der Waals surface area contributed by atoms with E-state index >= 15 is 0 Å². The van der Waals surface area contributed by atoms with E-state index in [1.807, 2.05) is 12.1 Å². The molecule has 1 atom stereocenters. The summed E-state index contributed by atoms with van der Waals surface area (Å²) in [6, 6.07) is 4.48. The lowest BCUT2D eigenvalue weighted by Crippen LogP contribution is -2.60. The molecular weight excluding hydrogens is 328 g/mol. The quantitative estimate of drug-likeness (QED) is 0.828. The van der Waals surface area contributed by atoms with Crippen molar-refractivity contribution in [3.63, 3.8) is 0 Å². The summed E-state index contributed by atoms with van der Waals surface area (Å²) >= 11 is 0. The molecule has 7 heteroatoms. The summed E-state index contributed by atoms with van der Waals surface area (Å²) in [5, 5.41) is 10.2. The van der Waals surface area contributed by atoms with Crippen LogP contribution in [0.5, 0.6) is 0 Å². The molecule has 1 aliphatic carbocycles. The second kappa shape index (κ2) is 7.95. The molecule has 2 aromatic rings. The second-order valence-corrected chi connectivity index (χ2v) is 7.22. The van der Waals surface area contributed by atoms with Crippen molar-refractivity contribution in [2.45, 2.75) is 57.0 Å². The molecule has 7 nitrogen and oxygen atoms in total. The lowest BCUT2D eigenvalue weighted by molar-refractivity contribution is -0.133. The fourth-order valence-corrected chi connectivity index (χ4v) is 3.99. The van der Waals surface area contributed by atoms with Gasteiger partial charge >= 0.3 is 0 Å². The van der Waals surface area contributed by atoms with Gasteiger partial charge in [0.1, 0.15) is 5.82 Å². The van der Waals surface area contributed by atoms with Crippen molar-refractivity contribution in [2.75, 3.05) is 13.1 Å². The summed E-state index contributed by atoms with van der Waals surface area (Å²) in [5.41, 5.74) is 0.886. The number of aromatic amines is 1. The summed E-state index contributed by atoms with van der Waals surface area (Å²) < 4.78 is 0. The molecule has 26 heavy (non-hydrogen) atoms. The maximum absolute atomic E-state index is 12.5. The predicted octanol–water partition coefficient (Wildman–Crippen LogP) is 1.93. The van der Waals surface area contributed by atoms with Crippen LogP contribution in [0.15, 0.2) is 24.5 Å². The molecule has 138 valence electrons. The molecule has 0 unspecified atom stereocenters. The molecule has 1 aliphatic heterocycles. The number of likely N-dealkylation sites (tertiary alicyclic amines) is 1. The van der Waals surface area contributed by atoms with Gasteiger partial charge in [0.25, 0.3) is 0 Å². The van der Waals surface area contributed by atoms with Crippen LogP contribution in [0.25, 0.3) is 11.4 Å². The lowest BCUT2D eigenvalue weighted by Gasteiger charge is -2.46. The number of nitrogens with zero attached hydrogens (tertiary/aromatic N) is 4. The van der Waals surface area contributed by atoms with E-state index in [1.165, 1.54) is 32.1 Å². The van der Waals surface area contributed by atoms with Crippen molar-refractivity contribution in [3.05, 3.63) is 30.4 Å². The smallest absolute Gasteiger partial charge is 0.237 e. The number of carbonyl (C=O) groups excluding carboxylic acids is 1. The van der Waals surface area contributed by atoms with E-state index in [0.717, 1.165) is 24.4 Å². The minimum Gasteiger partial charge on any atom is -0.354 e. The Balaban J connectivity index is 1.24. The monoisotopic (exact) mass is 354 g/mol. The minimum atomic E-state index is 0.0683. The van der Waals surface area contributed by atoms with Crippen LogP contribution in [0, 0.1) is 0 Å². The Morgan fingerprint density at radius 3 is 2.88 bits per heavy atom. The van der Waals surface area contributed by atoms with Gasteiger partial charge in [0, 0.05) is 43.5 Å². The number of aromatic nitrogens is 4. The van der Waals surface area contributed by atoms with E-state index in [4.69, 9.17) is 0 Å². The second-order valence-electron chi connectivity index (χ2n) is 7.22. The Morgan fingerprint density at radius 1 is 1.27 bits per heavy atom. The highest BCUT2D eigenvalue weighted by Gasteiger charge is 2.38. The largest absolute Gasteiger partial charge is 0.354 e. The maximum Gasteiger partial charge on any atom is 0.237 e. The Bertz CT molecular complexity index is 725. The molecule has 0 aromatic carbocycles. The first kappa shape index (κ1) is 17.1. The van der Waals surface area contributed by atoms with E-state index in [-0.39, 0.29) is 11.9 Å². The van der Waals surface area contributed by atoms with Crippen molar-refractivity contribution in [1.82, 2.24) is 30.4 Å². The number of hydrogen-bond acceptors (Lipinski definition) is 5. The van der Waals surface area contributed by atoms with Crippen LogP contribution in [0.2, 0.25) is 0 Å². The van der Waals surface area contributed by atoms with Gasteiger partial charge in [0.2, 0.25) is 5.91 Å². The van der Waals surface area contributed by atoms with Gasteiger partial charge in [-0.1, -0.05) is 19.3 Å². The summed E-state index contributed by atoms with van der Waals surface area (Å²) in [7, 11) is 0. The van der Waals surface area contributed by atoms with Gasteiger partial charge in [-0.3, -0.25) is 19.8 Å². The van der Waals surface area contributed by atoms with Crippen molar-refractivity contribution < 1.29 is 4.79 Å². The Morgan fingerprint density at radius 2 is 2.15 bits per heavy atom. The molecule has 1 saturated carbocycles. The Kier molecular flexibility index (Phi) is 5.24. The van der Waals surface area contributed by atoms with E-state index < -0.39 is 0 Å². The van der Waals surface area contributed by atoms with Gasteiger partial charge in [-0.15, -0.1) is 0 Å². The van der Waals surface area contributed by atoms with Crippen LogP contribution in [-0.4, -0.2) is 56.1 Å².